The first kappa shape index (κ1) is 20.9. The van der Waals surface area contributed by atoms with E-state index in [1.807, 2.05) is 19.1 Å². The summed E-state index contributed by atoms with van der Waals surface area (Å²) in [6.45, 7) is 1.88. The number of benzene rings is 2. The van der Waals surface area contributed by atoms with Crippen LogP contribution >= 0.6 is 0 Å². The molecule has 0 aliphatic carbocycles. The smallest absolute Gasteiger partial charge is 0.259 e. The van der Waals surface area contributed by atoms with Crippen LogP contribution in [0.3, 0.4) is 0 Å². The van der Waals surface area contributed by atoms with Crippen LogP contribution in [-0.2, 0) is 0 Å². The number of carbonyl (C=O) groups excluding carboxylic acids is 2. The molecule has 4 N–H and O–H groups in total. The summed E-state index contributed by atoms with van der Waals surface area (Å²) in [5.41, 5.74) is 4.30. The van der Waals surface area contributed by atoms with Crippen LogP contribution in [0.1, 0.15) is 26.3 Å². The lowest BCUT2D eigenvalue weighted by Crippen LogP contribution is -2.16. The van der Waals surface area contributed by atoms with Gasteiger partial charge in [0.1, 0.15) is 11.4 Å². The highest BCUT2D eigenvalue weighted by atomic mass is 16.5. The Balaban J connectivity index is 1.56. The second-order valence-electron chi connectivity index (χ2n) is 7.21. The Kier molecular flexibility index (Phi) is 5.76. The Labute approximate surface area is 185 Å². The molecule has 0 aliphatic rings. The predicted molar refractivity (Wildman–Crippen MR) is 126 cm³/mol. The standard InChI is InChI=1S/C24H23N5O3/c1-14-7-8-16(28-23(30)15-5-4-6-17(11-15)32-3)12-20(14)29-24(31)19-13-27-22-18(9-10-26-22)21(19)25-2/h4-13H,1-3H3,(H,28,30)(H,29,31)(H2,25,26,27). The number of hydrogen-bond donors (Lipinski definition) is 4. The Morgan fingerprint density at radius 1 is 1.03 bits per heavy atom. The quantitative estimate of drug-likeness (QED) is 0.363. The van der Waals surface area contributed by atoms with Crippen LogP contribution in [0.15, 0.2) is 60.9 Å². The van der Waals surface area contributed by atoms with Gasteiger partial charge in [-0.1, -0.05) is 12.1 Å². The molecule has 162 valence electrons. The van der Waals surface area contributed by atoms with Crippen molar-refractivity contribution >= 4 is 39.9 Å². The highest BCUT2D eigenvalue weighted by molar-refractivity contribution is 6.12. The number of rotatable bonds is 6. The van der Waals surface area contributed by atoms with E-state index in [4.69, 9.17) is 4.74 Å². The Bertz CT molecular complexity index is 1310. The summed E-state index contributed by atoms with van der Waals surface area (Å²) >= 11 is 0. The van der Waals surface area contributed by atoms with Crippen LogP contribution in [0.2, 0.25) is 0 Å². The van der Waals surface area contributed by atoms with Gasteiger partial charge in [-0.05, 0) is 48.9 Å². The number of ether oxygens (including phenoxy) is 1. The average Bonchev–Trinajstić information content (AvgIpc) is 3.29. The van der Waals surface area contributed by atoms with Crippen molar-refractivity contribution in [2.45, 2.75) is 6.92 Å². The van der Waals surface area contributed by atoms with Crippen molar-refractivity contribution in [1.29, 1.82) is 0 Å². The number of amides is 2. The number of aryl methyl sites for hydroxylation is 1. The first-order valence-electron chi connectivity index (χ1n) is 10.0. The second kappa shape index (κ2) is 8.81. The van der Waals surface area contributed by atoms with Crippen molar-refractivity contribution in [2.75, 3.05) is 30.1 Å². The van der Waals surface area contributed by atoms with E-state index in [1.54, 1.807) is 56.8 Å². The first-order valence-corrected chi connectivity index (χ1v) is 10.0. The van der Waals surface area contributed by atoms with Crippen LogP contribution in [0.4, 0.5) is 17.1 Å². The van der Waals surface area contributed by atoms with Gasteiger partial charge < -0.3 is 25.7 Å². The molecule has 0 fully saturated rings. The first-order chi connectivity index (χ1) is 15.5. The van der Waals surface area contributed by atoms with Crippen LogP contribution in [0, 0.1) is 6.92 Å². The van der Waals surface area contributed by atoms with E-state index >= 15 is 0 Å². The number of nitrogens with one attached hydrogen (secondary N) is 4. The SMILES string of the molecule is CNc1c(C(=O)Nc2cc(NC(=O)c3cccc(OC)c3)ccc2C)cnc2[nH]ccc12. The minimum atomic E-state index is -0.302. The van der Waals surface area contributed by atoms with Crippen LogP contribution in [-0.4, -0.2) is 35.9 Å². The molecule has 0 aliphatic heterocycles. The van der Waals surface area contributed by atoms with E-state index in [2.05, 4.69) is 25.9 Å². The van der Waals surface area contributed by atoms with Crippen molar-refractivity contribution in [1.82, 2.24) is 9.97 Å². The minimum absolute atomic E-state index is 0.274. The molecule has 0 bridgehead atoms. The van der Waals surface area contributed by atoms with Gasteiger partial charge in [-0.2, -0.15) is 0 Å². The number of anilines is 3. The third kappa shape index (κ3) is 4.11. The van der Waals surface area contributed by atoms with Crippen molar-refractivity contribution in [2.24, 2.45) is 0 Å². The fourth-order valence-corrected chi connectivity index (χ4v) is 3.44. The third-order valence-corrected chi connectivity index (χ3v) is 5.16. The zero-order valence-corrected chi connectivity index (χ0v) is 17.9. The molecular formula is C24H23N5O3. The fourth-order valence-electron chi connectivity index (χ4n) is 3.44. The molecule has 0 spiro atoms. The van der Waals surface area contributed by atoms with Gasteiger partial charge in [0.05, 0.1) is 18.4 Å². The molecule has 2 aromatic carbocycles. The maximum Gasteiger partial charge on any atom is 0.259 e. The van der Waals surface area contributed by atoms with E-state index in [0.717, 1.165) is 10.9 Å². The van der Waals surface area contributed by atoms with Gasteiger partial charge in [-0.15, -0.1) is 0 Å². The fraction of sp³-hybridized carbons (Fsp3) is 0.125. The maximum absolute atomic E-state index is 13.0. The zero-order valence-electron chi connectivity index (χ0n) is 17.9. The molecule has 8 heteroatoms. The number of nitrogens with zero attached hydrogens (tertiary/aromatic N) is 1. The van der Waals surface area contributed by atoms with Gasteiger partial charge in [0.25, 0.3) is 11.8 Å². The number of aromatic nitrogens is 2. The Morgan fingerprint density at radius 2 is 1.88 bits per heavy atom. The van der Waals surface area contributed by atoms with E-state index in [1.165, 1.54) is 6.20 Å². The van der Waals surface area contributed by atoms with Crippen LogP contribution in [0.25, 0.3) is 11.0 Å². The van der Waals surface area contributed by atoms with Gasteiger partial charge in [-0.3, -0.25) is 9.59 Å². The molecule has 0 radical (unpaired) electrons. The molecule has 4 aromatic rings. The van der Waals surface area contributed by atoms with Crippen molar-refractivity contribution in [3.8, 4) is 5.75 Å². The van der Waals surface area contributed by atoms with Gasteiger partial charge >= 0.3 is 0 Å². The lowest BCUT2D eigenvalue weighted by Gasteiger charge is -2.14. The Hall–Kier alpha value is -4.33. The van der Waals surface area contributed by atoms with E-state index < -0.39 is 0 Å². The lowest BCUT2D eigenvalue weighted by molar-refractivity contribution is 0.101. The van der Waals surface area contributed by atoms with Gasteiger partial charge in [0.2, 0.25) is 0 Å². The molecule has 8 nitrogen and oxygen atoms in total. The molecule has 2 amide bonds. The molecule has 0 saturated heterocycles. The van der Waals surface area contributed by atoms with Gasteiger partial charge in [0, 0.05) is 41.8 Å². The highest BCUT2D eigenvalue weighted by Crippen LogP contribution is 2.27. The van der Waals surface area contributed by atoms with Crippen molar-refractivity contribution in [3.63, 3.8) is 0 Å². The van der Waals surface area contributed by atoms with Gasteiger partial charge in [0.15, 0.2) is 0 Å². The third-order valence-electron chi connectivity index (χ3n) is 5.16. The normalized spacial score (nSPS) is 10.6. The molecule has 2 aromatic heterocycles. The van der Waals surface area contributed by atoms with Crippen LogP contribution in [0.5, 0.6) is 5.75 Å². The summed E-state index contributed by atoms with van der Waals surface area (Å²) in [4.78, 5) is 33.0. The minimum Gasteiger partial charge on any atom is -0.497 e. The summed E-state index contributed by atoms with van der Waals surface area (Å²) in [6, 6.07) is 14.1. The zero-order chi connectivity index (χ0) is 22.7. The topological polar surface area (TPSA) is 108 Å². The second-order valence-corrected chi connectivity index (χ2v) is 7.21. The summed E-state index contributed by atoms with van der Waals surface area (Å²) in [5, 5.41) is 9.70. The molecule has 0 saturated carbocycles. The average molecular weight is 429 g/mol. The number of carbonyl (C=O) groups is 2. The van der Waals surface area contributed by atoms with E-state index in [9.17, 15) is 9.59 Å². The largest absolute Gasteiger partial charge is 0.497 e. The number of pyridine rings is 1. The number of hydrogen-bond acceptors (Lipinski definition) is 5. The number of H-pyrrole nitrogens is 1. The van der Waals surface area contributed by atoms with E-state index in [-0.39, 0.29) is 11.8 Å². The lowest BCUT2D eigenvalue weighted by atomic mass is 10.1. The predicted octanol–water partition coefficient (Wildman–Crippen LogP) is 4.43. The molecule has 0 atom stereocenters. The van der Waals surface area contributed by atoms with Crippen molar-refractivity contribution in [3.05, 3.63) is 77.6 Å². The summed E-state index contributed by atoms with van der Waals surface area (Å²) in [7, 11) is 3.31. The maximum atomic E-state index is 13.0. The number of fused-ring (bicyclic) bond motifs is 1. The van der Waals surface area contributed by atoms with E-state index in [0.29, 0.717) is 39.6 Å². The highest BCUT2D eigenvalue weighted by Gasteiger charge is 2.17. The monoisotopic (exact) mass is 429 g/mol. The molecule has 0 unspecified atom stereocenters. The van der Waals surface area contributed by atoms with Crippen LogP contribution < -0.4 is 20.7 Å². The molecular weight excluding hydrogens is 406 g/mol. The number of aromatic amines is 1. The summed E-state index contributed by atoms with van der Waals surface area (Å²) in [6.07, 6.45) is 3.31. The van der Waals surface area contributed by atoms with Gasteiger partial charge in [-0.25, -0.2) is 4.98 Å². The molecule has 2 heterocycles. The Morgan fingerprint density at radius 3 is 2.66 bits per heavy atom. The summed E-state index contributed by atoms with van der Waals surface area (Å²) < 4.78 is 5.18. The van der Waals surface area contributed by atoms with Crippen molar-refractivity contribution < 1.29 is 14.3 Å². The molecule has 32 heavy (non-hydrogen) atoms. The summed E-state index contributed by atoms with van der Waals surface area (Å²) in [5.74, 6) is 0.0248. The molecule has 4 rings (SSSR count). The number of methoxy groups -OCH3 is 1.